The zero-order chi connectivity index (χ0) is 21.5. The van der Waals surface area contributed by atoms with E-state index in [-0.39, 0.29) is 24.0 Å². The highest BCUT2D eigenvalue weighted by atomic mass is 35.5. The number of fused-ring (bicyclic) bond motifs is 1. The minimum absolute atomic E-state index is 0.0664. The van der Waals surface area contributed by atoms with Gasteiger partial charge in [-0.25, -0.2) is 15.0 Å². The molecule has 2 N–H and O–H groups in total. The Hall–Kier alpha value is -3.04. The molecule has 3 aromatic heterocycles. The highest BCUT2D eigenvalue weighted by Crippen LogP contribution is 2.38. The Morgan fingerprint density at radius 1 is 1.26 bits per heavy atom. The summed E-state index contributed by atoms with van der Waals surface area (Å²) in [5.41, 5.74) is 7.49. The molecule has 0 radical (unpaired) electrons. The Labute approximate surface area is 167 Å². The summed E-state index contributed by atoms with van der Waals surface area (Å²) in [6, 6.07) is 5.16. The third-order valence-electron chi connectivity index (χ3n) is 3.68. The van der Waals surface area contributed by atoms with Gasteiger partial charge in [-0.05, 0) is 11.3 Å². The van der Waals surface area contributed by atoms with Gasteiger partial charge in [-0.1, -0.05) is 35.3 Å². The van der Waals surface area contributed by atoms with Gasteiger partial charge in [-0.2, -0.15) is 4.80 Å². The van der Waals surface area contributed by atoms with Gasteiger partial charge in [-0.3, -0.25) is 0 Å². The van der Waals surface area contributed by atoms with Crippen molar-refractivity contribution in [1.29, 1.82) is 0 Å². The van der Waals surface area contributed by atoms with E-state index in [0.29, 0.717) is 37.0 Å². The molecule has 0 fully saturated rings. The highest BCUT2D eigenvalue weighted by Gasteiger charge is 2.18. The van der Waals surface area contributed by atoms with Crippen LogP contribution >= 0.6 is 23.2 Å². The second-order valence-corrected chi connectivity index (χ2v) is 6.12. The lowest BCUT2D eigenvalue weighted by Crippen LogP contribution is -2.03. The number of pyridine rings is 1. The summed E-state index contributed by atoms with van der Waals surface area (Å²) in [5.74, 6) is 0.489. The van der Waals surface area contributed by atoms with Crippen molar-refractivity contribution in [2.24, 2.45) is 6.98 Å². The average molecular weight is 406 g/mol. The fourth-order valence-electron chi connectivity index (χ4n) is 2.51. The van der Waals surface area contributed by atoms with Gasteiger partial charge >= 0.3 is 0 Å². The molecule has 0 amide bonds. The van der Waals surface area contributed by atoms with Gasteiger partial charge in [0.15, 0.2) is 12.4 Å². The maximum Gasteiger partial charge on any atom is 0.212 e. The minimum Gasteiger partial charge on any atom is -0.483 e. The summed E-state index contributed by atoms with van der Waals surface area (Å²) in [6.45, 7) is -2.70. The number of nitrogens with zero attached hydrogens (tertiary/aromatic N) is 7. The van der Waals surface area contributed by atoms with Crippen LogP contribution in [-0.4, -0.2) is 35.2 Å². The van der Waals surface area contributed by atoms with Gasteiger partial charge in [0, 0.05) is 9.68 Å². The fraction of sp³-hybridized carbons (Fsp3) is 0.125. The number of ether oxygens (including phenoxy) is 1. The second kappa shape index (κ2) is 6.93. The van der Waals surface area contributed by atoms with Crippen LogP contribution in [0.4, 0.5) is 5.82 Å². The molecule has 0 bridgehead atoms. The van der Waals surface area contributed by atoms with Crippen LogP contribution in [0.25, 0.3) is 22.2 Å². The first-order valence-corrected chi connectivity index (χ1v) is 8.27. The fourth-order valence-corrected chi connectivity index (χ4v) is 2.90. The maximum atomic E-state index is 7.28. The average Bonchev–Trinajstić information content (AvgIpc) is 3.18. The number of rotatable bonds is 4. The Balaban J connectivity index is 1.74. The molecule has 0 aliphatic rings. The summed E-state index contributed by atoms with van der Waals surface area (Å²) < 4.78 is 27.6. The van der Waals surface area contributed by atoms with Crippen LogP contribution in [-0.2, 0) is 13.6 Å². The normalized spacial score (nSPS) is 13.2. The number of benzene rings is 1. The molecule has 0 unspecified atom stereocenters. The summed E-state index contributed by atoms with van der Waals surface area (Å²) in [7, 11) is 0. The number of tetrazole rings is 1. The van der Waals surface area contributed by atoms with E-state index in [9.17, 15) is 0 Å². The van der Waals surface area contributed by atoms with Crippen molar-refractivity contribution in [2.75, 3.05) is 5.73 Å². The number of anilines is 1. The van der Waals surface area contributed by atoms with Crippen molar-refractivity contribution in [1.82, 2.24) is 35.2 Å². The van der Waals surface area contributed by atoms with E-state index in [2.05, 4.69) is 30.4 Å². The SMILES string of the molecule is [2H]C([2H])([2H])n1nnc(COc2cnc(-c3cccc(Cl)c3Cl)c3ncnc(N)c23)n1. The number of aryl methyl sites for hydroxylation is 1. The van der Waals surface area contributed by atoms with Crippen molar-refractivity contribution >= 4 is 39.9 Å². The third-order valence-corrected chi connectivity index (χ3v) is 4.50. The van der Waals surface area contributed by atoms with E-state index in [1.807, 2.05) is 0 Å². The van der Waals surface area contributed by atoms with Gasteiger partial charge in [0.1, 0.15) is 17.7 Å². The van der Waals surface area contributed by atoms with Crippen molar-refractivity contribution < 1.29 is 8.85 Å². The molecule has 0 aliphatic heterocycles. The third kappa shape index (κ3) is 3.22. The first kappa shape index (κ1) is 14.1. The number of nitrogens with two attached hydrogens (primary N) is 1. The van der Waals surface area contributed by atoms with Crippen LogP contribution in [0.5, 0.6) is 5.75 Å². The van der Waals surface area contributed by atoms with Gasteiger partial charge in [-0.15, -0.1) is 10.2 Å². The van der Waals surface area contributed by atoms with Crippen LogP contribution in [0, 0.1) is 0 Å². The smallest absolute Gasteiger partial charge is 0.212 e. The first-order valence-electron chi connectivity index (χ1n) is 9.01. The van der Waals surface area contributed by atoms with Gasteiger partial charge < -0.3 is 10.5 Å². The predicted octanol–water partition coefficient (Wildman–Crippen LogP) is 2.68. The second-order valence-electron chi connectivity index (χ2n) is 5.34. The van der Waals surface area contributed by atoms with E-state index in [1.165, 1.54) is 12.5 Å². The van der Waals surface area contributed by atoms with Crippen molar-refractivity contribution in [3.05, 3.63) is 46.6 Å². The van der Waals surface area contributed by atoms with Crippen LogP contribution in [0.15, 0.2) is 30.7 Å². The number of halogens is 2. The van der Waals surface area contributed by atoms with E-state index in [4.69, 9.17) is 37.8 Å². The Kier molecular flexibility index (Phi) is 3.61. The largest absolute Gasteiger partial charge is 0.483 e. The van der Waals surface area contributed by atoms with Gasteiger partial charge in [0.05, 0.1) is 34.3 Å². The van der Waals surface area contributed by atoms with E-state index >= 15 is 0 Å². The standard InChI is InChI=1S/C16H12Cl2N8O/c1-26-24-11(23-25-26)6-27-10-5-20-14(8-3-2-4-9(17)13(8)18)15-12(10)16(19)22-7-21-15/h2-5,7H,6H2,1H3,(H2,19,21,22)/i1D3. The molecule has 0 saturated carbocycles. The molecule has 3 heterocycles. The number of hydrogen-bond acceptors (Lipinski definition) is 8. The molecule has 136 valence electrons. The molecule has 0 saturated heterocycles. The highest BCUT2D eigenvalue weighted by molar-refractivity contribution is 6.43. The van der Waals surface area contributed by atoms with Crippen molar-refractivity contribution in [2.45, 2.75) is 6.61 Å². The Morgan fingerprint density at radius 2 is 2.15 bits per heavy atom. The lowest BCUT2D eigenvalue weighted by molar-refractivity contribution is 0.298. The maximum absolute atomic E-state index is 7.28. The summed E-state index contributed by atoms with van der Waals surface area (Å²) in [4.78, 5) is 13.2. The summed E-state index contributed by atoms with van der Waals surface area (Å²) in [5, 5.41) is 12.0. The molecule has 1 aromatic carbocycles. The molecule has 4 rings (SSSR count). The van der Waals surface area contributed by atoms with Crippen LogP contribution in [0.1, 0.15) is 9.94 Å². The Bertz CT molecular complexity index is 1250. The molecule has 0 atom stereocenters. The Morgan fingerprint density at radius 3 is 2.96 bits per heavy atom. The van der Waals surface area contributed by atoms with E-state index in [0.717, 1.165) is 0 Å². The molecule has 27 heavy (non-hydrogen) atoms. The molecular weight excluding hydrogens is 391 g/mol. The lowest BCUT2D eigenvalue weighted by atomic mass is 10.1. The number of aromatic nitrogens is 7. The van der Waals surface area contributed by atoms with Gasteiger partial charge in [0.25, 0.3) is 0 Å². The summed E-state index contributed by atoms with van der Waals surface area (Å²) in [6.07, 6.45) is 2.73. The van der Waals surface area contributed by atoms with E-state index in [1.54, 1.807) is 18.2 Å². The predicted molar refractivity (Wildman–Crippen MR) is 100 cm³/mol. The van der Waals surface area contributed by atoms with Crippen molar-refractivity contribution in [3.8, 4) is 17.0 Å². The lowest BCUT2D eigenvalue weighted by Gasteiger charge is -2.12. The molecule has 0 spiro atoms. The van der Waals surface area contributed by atoms with Gasteiger partial charge in [0.2, 0.25) is 5.82 Å². The number of nitrogen functional groups attached to an aromatic ring is 1. The topological polar surface area (TPSA) is 118 Å². The van der Waals surface area contributed by atoms with Crippen molar-refractivity contribution in [3.63, 3.8) is 0 Å². The zero-order valence-corrected chi connectivity index (χ0v) is 15.0. The quantitative estimate of drug-likeness (QED) is 0.550. The minimum atomic E-state index is -2.53. The zero-order valence-electron chi connectivity index (χ0n) is 16.5. The first-order chi connectivity index (χ1) is 14.3. The number of hydrogen-bond donors (Lipinski definition) is 1. The van der Waals surface area contributed by atoms with Crippen LogP contribution < -0.4 is 10.5 Å². The van der Waals surface area contributed by atoms with Crippen LogP contribution in [0.2, 0.25) is 10.0 Å². The van der Waals surface area contributed by atoms with Crippen LogP contribution in [0.3, 0.4) is 0 Å². The summed E-state index contributed by atoms with van der Waals surface area (Å²) >= 11 is 12.5. The monoisotopic (exact) mass is 405 g/mol. The molecular formula is C16H12Cl2N8O. The molecule has 0 aliphatic carbocycles. The molecule has 4 aromatic rings. The van der Waals surface area contributed by atoms with E-state index < -0.39 is 6.98 Å². The molecule has 9 nitrogen and oxygen atoms in total. The molecule has 11 heteroatoms.